The van der Waals surface area contributed by atoms with E-state index in [1.165, 1.54) is 89.9 Å². The maximum absolute atomic E-state index is 12.7. The molecule has 0 aliphatic carbocycles. The van der Waals surface area contributed by atoms with Crippen LogP contribution in [0.4, 0.5) is 0 Å². The summed E-state index contributed by atoms with van der Waals surface area (Å²) in [5.74, 6) is -1.06. The largest absolute Gasteiger partial charge is 0.462 e. The molecule has 0 rings (SSSR count). The maximum Gasteiger partial charge on any atom is 0.309 e. The Bertz CT molecular complexity index is 1190. The van der Waals surface area contributed by atoms with Gasteiger partial charge in [-0.1, -0.05) is 196 Å². The molecular weight excluding hydrogens is 745 g/mol. The van der Waals surface area contributed by atoms with Gasteiger partial charge >= 0.3 is 17.9 Å². The molecule has 0 heterocycles. The molecule has 1 unspecified atom stereocenters. The fourth-order valence-electron chi connectivity index (χ4n) is 6.51. The van der Waals surface area contributed by atoms with Crippen LogP contribution in [0, 0.1) is 0 Å². The Hall–Kier alpha value is -3.41. The van der Waals surface area contributed by atoms with Gasteiger partial charge in [-0.05, 0) is 89.9 Å². The molecule has 0 fully saturated rings. The van der Waals surface area contributed by atoms with E-state index in [9.17, 15) is 14.4 Å². The number of esters is 3. The molecule has 1 atom stereocenters. The van der Waals surface area contributed by atoms with Crippen LogP contribution >= 0.6 is 0 Å². The second kappa shape index (κ2) is 48.3. The topological polar surface area (TPSA) is 78.9 Å². The highest BCUT2D eigenvalue weighted by Gasteiger charge is 2.19. The molecule has 0 bridgehead atoms. The minimum absolute atomic E-state index is 0.112. The van der Waals surface area contributed by atoms with Crippen molar-refractivity contribution in [3.05, 3.63) is 85.1 Å². The third-order valence-electron chi connectivity index (χ3n) is 10.1. The monoisotopic (exact) mass is 835 g/mol. The molecule has 60 heavy (non-hydrogen) atoms. The van der Waals surface area contributed by atoms with Crippen molar-refractivity contribution in [2.24, 2.45) is 0 Å². The molecule has 0 spiro atoms. The van der Waals surface area contributed by atoms with Gasteiger partial charge in [0.05, 0.1) is 6.42 Å². The van der Waals surface area contributed by atoms with Gasteiger partial charge in [0, 0.05) is 12.8 Å². The van der Waals surface area contributed by atoms with Crippen LogP contribution < -0.4 is 0 Å². The van der Waals surface area contributed by atoms with Gasteiger partial charge in [-0.3, -0.25) is 14.4 Å². The van der Waals surface area contributed by atoms with Crippen molar-refractivity contribution < 1.29 is 28.6 Å². The van der Waals surface area contributed by atoms with E-state index in [1.807, 2.05) is 6.08 Å². The Morgan fingerprint density at radius 2 is 0.717 bits per heavy atom. The highest BCUT2D eigenvalue weighted by atomic mass is 16.6. The van der Waals surface area contributed by atoms with Crippen molar-refractivity contribution in [3.8, 4) is 0 Å². The second-order valence-corrected chi connectivity index (χ2v) is 16.0. The van der Waals surface area contributed by atoms with Crippen LogP contribution in [0.1, 0.15) is 220 Å². The van der Waals surface area contributed by atoms with Gasteiger partial charge in [-0.2, -0.15) is 0 Å². The zero-order valence-electron chi connectivity index (χ0n) is 38.9. The van der Waals surface area contributed by atoms with Gasteiger partial charge in [0.15, 0.2) is 6.10 Å². The van der Waals surface area contributed by atoms with Gasteiger partial charge in [0.25, 0.3) is 0 Å². The zero-order chi connectivity index (χ0) is 43.7. The van der Waals surface area contributed by atoms with Gasteiger partial charge in [0.1, 0.15) is 13.2 Å². The highest BCUT2D eigenvalue weighted by molar-refractivity contribution is 5.72. The molecule has 6 heteroatoms. The fourth-order valence-corrected chi connectivity index (χ4v) is 6.51. The number of hydrogen-bond acceptors (Lipinski definition) is 6. The standard InChI is InChI=1S/C54H90O6/c1-4-7-10-13-16-19-21-23-25-27-29-30-32-35-38-41-44-47-53(56)59-50-51(49-58-52(55)46-43-40-37-34-18-15-12-9-6-3)60-54(57)48-45-42-39-36-33-31-28-26-24-22-20-17-14-11-8-5-2/h8-9,11-12,17-18,20,23-26,34,40,43,51H,4-7,10,13-16,19,21-22,27-33,35-39,41-42,44-50H2,1-3H3/b11-8-,12-9-,20-17-,25-23-,26-24-,34-18-,43-40-. The first kappa shape index (κ1) is 56.6. The van der Waals surface area contributed by atoms with Crippen molar-refractivity contribution in [3.63, 3.8) is 0 Å². The van der Waals surface area contributed by atoms with E-state index in [2.05, 4.69) is 93.7 Å². The van der Waals surface area contributed by atoms with E-state index < -0.39 is 12.1 Å². The van der Waals surface area contributed by atoms with Crippen LogP contribution in [0.25, 0.3) is 0 Å². The molecule has 0 radical (unpaired) electrons. The van der Waals surface area contributed by atoms with Gasteiger partial charge in [-0.25, -0.2) is 0 Å². The lowest BCUT2D eigenvalue weighted by Crippen LogP contribution is -2.30. The van der Waals surface area contributed by atoms with Crippen LogP contribution in [0.5, 0.6) is 0 Å². The Labute approximate surface area is 369 Å². The molecule has 0 aliphatic heterocycles. The Kier molecular flexibility index (Phi) is 45.5. The zero-order valence-corrected chi connectivity index (χ0v) is 38.9. The van der Waals surface area contributed by atoms with Crippen molar-refractivity contribution in [1.29, 1.82) is 0 Å². The van der Waals surface area contributed by atoms with Crippen LogP contribution in [0.3, 0.4) is 0 Å². The molecule has 0 N–H and O–H groups in total. The number of hydrogen-bond donors (Lipinski definition) is 0. The number of carbonyl (C=O) groups is 3. The molecule has 0 aromatic rings. The number of allylic oxidation sites excluding steroid dienone is 13. The summed E-state index contributed by atoms with van der Waals surface area (Å²) in [4.78, 5) is 37.8. The molecule has 342 valence electrons. The van der Waals surface area contributed by atoms with E-state index in [4.69, 9.17) is 14.2 Å². The summed E-state index contributed by atoms with van der Waals surface area (Å²) in [5, 5.41) is 0. The maximum atomic E-state index is 12.7. The number of unbranched alkanes of at least 4 members (excludes halogenated alkanes) is 19. The Morgan fingerprint density at radius 1 is 0.367 bits per heavy atom. The fraction of sp³-hybridized carbons (Fsp3) is 0.685. The average Bonchev–Trinajstić information content (AvgIpc) is 3.24. The summed E-state index contributed by atoms with van der Waals surface area (Å²) in [5.41, 5.74) is 0. The van der Waals surface area contributed by atoms with E-state index in [-0.39, 0.29) is 31.6 Å². The smallest absolute Gasteiger partial charge is 0.309 e. The van der Waals surface area contributed by atoms with Crippen LogP contribution in [-0.2, 0) is 28.6 Å². The SMILES string of the molecule is CC/C=C\C/C=C\C/C=C\CCCCCCCCC(=O)OC(COC(=O)C/C=C\C/C=C\C/C=C\CC)COC(=O)CCCCCCCCC/C=C\CCCCCCCC. The first-order valence-corrected chi connectivity index (χ1v) is 24.6. The minimum Gasteiger partial charge on any atom is -0.462 e. The van der Waals surface area contributed by atoms with E-state index in [0.717, 1.165) is 89.9 Å². The molecule has 0 aliphatic rings. The normalized spacial score (nSPS) is 12.8. The van der Waals surface area contributed by atoms with E-state index in [1.54, 1.807) is 6.08 Å². The van der Waals surface area contributed by atoms with Crippen molar-refractivity contribution >= 4 is 17.9 Å². The van der Waals surface area contributed by atoms with Gasteiger partial charge in [-0.15, -0.1) is 0 Å². The first-order chi connectivity index (χ1) is 29.5. The van der Waals surface area contributed by atoms with Crippen LogP contribution in [-0.4, -0.2) is 37.2 Å². The summed E-state index contributed by atoms with van der Waals surface area (Å²) in [6, 6.07) is 0. The summed E-state index contributed by atoms with van der Waals surface area (Å²) in [6.07, 6.45) is 61.7. The van der Waals surface area contributed by atoms with Crippen molar-refractivity contribution in [1.82, 2.24) is 0 Å². The lowest BCUT2D eigenvalue weighted by Gasteiger charge is -2.18. The number of rotatable bonds is 43. The van der Waals surface area contributed by atoms with E-state index in [0.29, 0.717) is 12.8 Å². The molecule has 0 amide bonds. The third-order valence-corrected chi connectivity index (χ3v) is 10.1. The quantitative estimate of drug-likeness (QED) is 0.0263. The average molecular weight is 835 g/mol. The summed E-state index contributed by atoms with van der Waals surface area (Å²) in [7, 11) is 0. The van der Waals surface area contributed by atoms with Crippen LogP contribution in [0.15, 0.2) is 85.1 Å². The lowest BCUT2D eigenvalue weighted by molar-refractivity contribution is -0.166. The molecule has 6 nitrogen and oxygen atoms in total. The minimum atomic E-state index is -0.819. The lowest BCUT2D eigenvalue weighted by atomic mass is 10.1. The molecule has 0 aromatic heterocycles. The second-order valence-electron chi connectivity index (χ2n) is 16.0. The van der Waals surface area contributed by atoms with Crippen molar-refractivity contribution in [2.75, 3.05) is 13.2 Å². The summed E-state index contributed by atoms with van der Waals surface area (Å²) in [6.45, 7) is 6.28. The highest BCUT2D eigenvalue weighted by Crippen LogP contribution is 2.13. The predicted octanol–water partition coefficient (Wildman–Crippen LogP) is 16.0. The van der Waals surface area contributed by atoms with E-state index >= 15 is 0 Å². The van der Waals surface area contributed by atoms with Crippen LogP contribution in [0.2, 0.25) is 0 Å². The summed E-state index contributed by atoms with van der Waals surface area (Å²) < 4.78 is 16.6. The Morgan fingerprint density at radius 3 is 1.18 bits per heavy atom. The molecular formula is C54H90O6. The molecule has 0 saturated heterocycles. The summed E-state index contributed by atoms with van der Waals surface area (Å²) >= 11 is 0. The predicted molar refractivity (Wildman–Crippen MR) is 256 cm³/mol. The number of ether oxygens (including phenoxy) is 3. The third kappa shape index (κ3) is 45.7. The van der Waals surface area contributed by atoms with Crippen molar-refractivity contribution in [2.45, 2.75) is 226 Å². The van der Waals surface area contributed by atoms with Gasteiger partial charge in [0.2, 0.25) is 0 Å². The number of carbonyl (C=O) groups excluding carboxylic acids is 3. The Balaban J connectivity index is 4.41. The molecule has 0 aromatic carbocycles. The molecule has 0 saturated carbocycles. The first-order valence-electron chi connectivity index (χ1n) is 24.6. The van der Waals surface area contributed by atoms with Gasteiger partial charge < -0.3 is 14.2 Å².